The molecule has 0 aliphatic rings. The van der Waals surface area contributed by atoms with Gasteiger partial charge in [0.15, 0.2) is 11.4 Å². The fourth-order valence-electron chi connectivity index (χ4n) is 1.88. The Balaban J connectivity index is 2.51. The summed E-state index contributed by atoms with van der Waals surface area (Å²) in [6.45, 7) is 2.22. The summed E-state index contributed by atoms with van der Waals surface area (Å²) in [6, 6.07) is 6.53. The third-order valence-electron chi connectivity index (χ3n) is 2.97. The highest BCUT2D eigenvalue weighted by atomic mass is 35.5. The van der Waals surface area contributed by atoms with Crippen molar-refractivity contribution in [3.8, 4) is 11.8 Å². The first-order valence-corrected chi connectivity index (χ1v) is 6.85. The van der Waals surface area contributed by atoms with Crippen LogP contribution in [0.3, 0.4) is 0 Å². The third-order valence-corrected chi connectivity index (χ3v) is 3.21. The molecule has 1 N–H and O–H groups in total. The smallest absolute Gasteiger partial charge is 0.360 e. The predicted molar refractivity (Wildman–Crippen MR) is 78.3 cm³/mol. The first-order chi connectivity index (χ1) is 10.1. The molecule has 0 fully saturated rings. The zero-order valence-corrected chi connectivity index (χ0v) is 12.1. The zero-order valence-electron chi connectivity index (χ0n) is 11.4. The molecule has 0 aliphatic heterocycles. The monoisotopic (exact) mass is 304 g/mol. The van der Waals surface area contributed by atoms with Crippen LogP contribution in [0.15, 0.2) is 18.2 Å². The lowest BCUT2D eigenvalue weighted by Gasteiger charge is -2.09. The number of carbonyl (C=O) groups excluding carboxylic acids is 1. The summed E-state index contributed by atoms with van der Waals surface area (Å²) in [5, 5.41) is 20.5. The summed E-state index contributed by atoms with van der Waals surface area (Å²) in [7, 11) is 0. The van der Waals surface area contributed by atoms with Crippen LogP contribution in [0.2, 0.25) is 5.02 Å². The van der Waals surface area contributed by atoms with Crippen LogP contribution < -0.4 is 0 Å². The molecule has 5 nitrogen and oxygen atoms in total. The first kappa shape index (κ1) is 15.1. The molecule has 0 bridgehead atoms. The number of nitrogens with zero attached hydrogens (tertiary/aromatic N) is 2. The van der Waals surface area contributed by atoms with Gasteiger partial charge in [0.25, 0.3) is 0 Å². The molecule has 6 heteroatoms. The lowest BCUT2D eigenvalue weighted by atomic mass is 10.1. The number of hydrogen-bond acceptors (Lipinski definition) is 5. The van der Waals surface area contributed by atoms with Crippen LogP contribution in [0, 0.1) is 11.3 Å². The maximum absolute atomic E-state index is 11.9. The Morgan fingerprint density at radius 2 is 2.24 bits per heavy atom. The molecule has 0 saturated carbocycles. The van der Waals surface area contributed by atoms with Crippen LogP contribution in [0.25, 0.3) is 10.8 Å². The van der Waals surface area contributed by atoms with Crippen molar-refractivity contribution in [3.63, 3.8) is 0 Å². The van der Waals surface area contributed by atoms with Gasteiger partial charge in [-0.15, -0.1) is 0 Å². The molecule has 2 aromatic rings. The van der Waals surface area contributed by atoms with E-state index >= 15 is 0 Å². The van der Waals surface area contributed by atoms with E-state index in [9.17, 15) is 9.90 Å². The van der Waals surface area contributed by atoms with Crippen molar-refractivity contribution in [3.05, 3.63) is 34.6 Å². The molecule has 0 saturated heterocycles. The number of aromatic hydroxyl groups is 1. The molecule has 0 spiro atoms. The second-order valence-electron chi connectivity index (χ2n) is 4.45. The molecule has 1 aromatic carbocycles. The second-order valence-corrected chi connectivity index (χ2v) is 4.89. The SMILES string of the molecule is CCCCOC(=O)c1nc(C#N)c2cc(Cl)ccc2c1O. The summed E-state index contributed by atoms with van der Waals surface area (Å²) in [5.74, 6) is -1.04. The Bertz CT molecular complexity index is 738. The van der Waals surface area contributed by atoms with Crippen molar-refractivity contribution in [1.29, 1.82) is 5.26 Å². The number of hydrogen-bond donors (Lipinski definition) is 1. The number of carbonyl (C=O) groups is 1. The zero-order chi connectivity index (χ0) is 15.4. The van der Waals surface area contributed by atoms with Crippen LogP contribution in [0.1, 0.15) is 35.9 Å². The molecule has 0 aliphatic carbocycles. The van der Waals surface area contributed by atoms with E-state index in [2.05, 4.69) is 4.98 Å². The van der Waals surface area contributed by atoms with Gasteiger partial charge in [0.1, 0.15) is 11.8 Å². The molecular weight excluding hydrogens is 292 g/mol. The molecule has 2 rings (SSSR count). The minimum atomic E-state index is -0.741. The highest BCUT2D eigenvalue weighted by molar-refractivity contribution is 6.31. The topological polar surface area (TPSA) is 83.2 Å². The number of nitriles is 1. The minimum absolute atomic E-state index is 0.0211. The number of halogens is 1. The van der Waals surface area contributed by atoms with Crippen molar-refractivity contribution in [2.75, 3.05) is 6.61 Å². The van der Waals surface area contributed by atoms with E-state index in [1.807, 2.05) is 13.0 Å². The summed E-state index contributed by atoms with van der Waals surface area (Å²) in [6.07, 6.45) is 1.60. The van der Waals surface area contributed by atoms with Crippen molar-refractivity contribution in [2.24, 2.45) is 0 Å². The lowest BCUT2D eigenvalue weighted by molar-refractivity contribution is 0.0489. The van der Waals surface area contributed by atoms with E-state index in [4.69, 9.17) is 21.6 Å². The largest absolute Gasteiger partial charge is 0.505 e. The summed E-state index contributed by atoms with van der Waals surface area (Å²) in [5.41, 5.74) is -0.231. The molecule has 1 aromatic heterocycles. The standard InChI is InChI=1S/C15H13ClN2O3/c1-2-3-6-21-15(20)13-14(19)10-5-4-9(16)7-11(10)12(8-17)18-13/h4-5,7,19H,2-3,6H2,1H3. The van der Waals surface area contributed by atoms with Crippen molar-refractivity contribution in [2.45, 2.75) is 19.8 Å². The number of aromatic nitrogens is 1. The van der Waals surface area contributed by atoms with Crippen molar-refractivity contribution < 1.29 is 14.6 Å². The Morgan fingerprint density at radius 1 is 1.48 bits per heavy atom. The van der Waals surface area contributed by atoms with Crippen LogP contribution in [0.5, 0.6) is 5.75 Å². The molecule has 108 valence electrons. The van der Waals surface area contributed by atoms with Crippen LogP contribution in [0.4, 0.5) is 0 Å². The van der Waals surface area contributed by atoms with Gasteiger partial charge in [-0.2, -0.15) is 5.26 Å². The average Bonchev–Trinajstić information content (AvgIpc) is 2.47. The van der Waals surface area contributed by atoms with Gasteiger partial charge in [-0.1, -0.05) is 24.9 Å². The second kappa shape index (κ2) is 6.42. The number of unbranched alkanes of at least 4 members (excludes halogenated alkanes) is 1. The van der Waals surface area contributed by atoms with Crippen LogP contribution in [-0.4, -0.2) is 22.7 Å². The van der Waals surface area contributed by atoms with Gasteiger partial charge in [-0.3, -0.25) is 0 Å². The molecule has 0 radical (unpaired) electrons. The molecule has 0 amide bonds. The van der Waals surface area contributed by atoms with E-state index in [-0.39, 0.29) is 23.7 Å². The summed E-state index contributed by atoms with van der Waals surface area (Å²) >= 11 is 5.88. The predicted octanol–water partition coefficient (Wildman–Crippen LogP) is 3.42. The Hall–Kier alpha value is -2.32. The third kappa shape index (κ3) is 3.06. The molecular formula is C15H13ClN2O3. The summed E-state index contributed by atoms with van der Waals surface area (Å²) < 4.78 is 5.02. The van der Waals surface area contributed by atoms with E-state index in [1.165, 1.54) is 6.07 Å². The highest BCUT2D eigenvalue weighted by Crippen LogP contribution is 2.31. The fourth-order valence-corrected chi connectivity index (χ4v) is 2.05. The quantitative estimate of drug-likeness (QED) is 0.691. The molecule has 0 unspecified atom stereocenters. The van der Waals surface area contributed by atoms with E-state index in [1.54, 1.807) is 12.1 Å². The van der Waals surface area contributed by atoms with Gasteiger partial charge in [-0.05, 0) is 24.6 Å². The Kier molecular flexibility index (Phi) is 4.61. The number of rotatable bonds is 4. The fraction of sp³-hybridized carbons (Fsp3) is 0.267. The van der Waals surface area contributed by atoms with Gasteiger partial charge in [0.05, 0.1) is 6.61 Å². The number of fused-ring (bicyclic) bond motifs is 1. The Morgan fingerprint density at radius 3 is 2.90 bits per heavy atom. The highest BCUT2D eigenvalue weighted by Gasteiger charge is 2.20. The van der Waals surface area contributed by atoms with Gasteiger partial charge in [0, 0.05) is 15.8 Å². The van der Waals surface area contributed by atoms with Gasteiger partial charge in [-0.25, -0.2) is 9.78 Å². The van der Waals surface area contributed by atoms with Gasteiger partial charge in [0.2, 0.25) is 0 Å². The maximum Gasteiger partial charge on any atom is 0.360 e. The molecule has 1 heterocycles. The minimum Gasteiger partial charge on any atom is -0.505 e. The van der Waals surface area contributed by atoms with Gasteiger partial charge >= 0.3 is 5.97 Å². The number of esters is 1. The molecule has 21 heavy (non-hydrogen) atoms. The maximum atomic E-state index is 11.9. The average molecular weight is 305 g/mol. The van der Waals surface area contributed by atoms with Crippen LogP contribution in [-0.2, 0) is 4.74 Å². The summed E-state index contributed by atoms with van der Waals surface area (Å²) in [4.78, 5) is 15.8. The first-order valence-electron chi connectivity index (χ1n) is 6.48. The van der Waals surface area contributed by atoms with Gasteiger partial charge < -0.3 is 9.84 Å². The van der Waals surface area contributed by atoms with Crippen molar-refractivity contribution >= 4 is 28.3 Å². The number of benzene rings is 1. The van der Waals surface area contributed by atoms with Crippen molar-refractivity contribution in [1.82, 2.24) is 4.98 Å². The normalized spacial score (nSPS) is 10.3. The molecule has 0 atom stereocenters. The number of ether oxygens (including phenoxy) is 1. The lowest BCUT2D eigenvalue weighted by Crippen LogP contribution is -2.10. The number of pyridine rings is 1. The Labute approximate surface area is 126 Å². The van der Waals surface area contributed by atoms with Crippen LogP contribution >= 0.6 is 11.6 Å². The van der Waals surface area contributed by atoms with E-state index < -0.39 is 5.97 Å². The van der Waals surface area contributed by atoms with E-state index in [0.717, 1.165) is 12.8 Å². The van der Waals surface area contributed by atoms with E-state index in [0.29, 0.717) is 15.8 Å².